The largest absolute Gasteiger partial charge is 0.495 e. The lowest BCUT2D eigenvalue weighted by Crippen LogP contribution is -2.19. The van der Waals surface area contributed by atoms with E-state index in [0.717, 1.165) is 12.0 Å². The number of methoxy groups -OCH3 is 1. The summed E-state index contributed by atoms with van der Waals surface area (Å²) in [6.45, 7) is 4.20. The number of benzene rings is 1. The summed E-state index contributed by atoms with van der Waals surface area (Å²) >= 11 is 12.2. The van der Waals surface area contributed by atoms with Gasteiger partial charge in [-0.05, 0) is 17.5 Å². The lowest BCUT2D eigenvalue weighted by molar-refractivity contribution is 0.413. The molecule has 1 aromatic rings. The predicted molar refractivity (Wildman–Crippen MR) is 69.4 cm³/mol. The summed E-state index contributed by atoms with van der Waals surface area (Å²) in [4.78, 5) is 0. The van der Waals surface area contributed by atoms with E-state index in [1.54, 1.807) is 19.2 Å². The van der Waals surface area contributed by atoms with Crippen molar-refractivity contribution in [3.05, 3.63) is 27.7 Å². The first-order valence-electron chi connectivity index (χ1n) is 5.29. The van der Waals surface area contributed by atoms with Crippen LogP contribution >= 0.6 is 23.2 Å². The van der Waals surface area contributed by atoms with Crippen LogP contribution < -0.4 is 10.5 Å². The van der Waals surface area contributed by atoms with Crippen LogP contribution in [0.3, 0.4) is 0 Å². The van der Waals surface area contributed by atoms with Gasteiger partial charge in [0, 0.05) is 17.1 Å². The van der Waals surface area contributed by atoms with Gasteiger partial charge in [-0.1, -0.05) is 43.5 Å². The highest BCUT2D eigenvalue weighted by atomic mass is 35.5. The summed E-state index contributed by atoms with van der Waals surface area (Å²) in [7, 11) is 1.56. The second-order valence-electron chi connectivity index (χ2n) is 3.92. The fourth-order valence-corrected chi connectivity index (χ4v) is 2.05. The third-order valence-electron chi connectivity index (χ3n) is 2.89. The average molecular weight is 262 g/mol. The lowest BCUT2D eigenvalue weighted by Gasteiger charge is -2.20. The molecule has 0 radical (unpaired) electrons. The Morgan fingerprint density at radius 2 is 1.94 bits per heavy atom. The van der Waals surface area contributed by atoms with Crippen molar-refractivity contribution in [3.8, 4) is 5.75 Å². The molecule has 2 nitrogen and oxygen atoms in total. The van der Waals surface area contributed by atoms with Crippen LogP contribution in [0.5, 0.6) is 5.75 Å². The standard InChI is InChI=1S/C12H17Cl2NO/c1-4-7(2)12(15)8-5-10(14)11(16-3)6-9(8)13/h5-7,12H,4,15H2,1-3H3. The molecule has 4 heteroatoms. The summed E-state index contributed by atoms with van der Waals surface area (Å²) in [5.74, 6) is 0.939. The molecular weight excluding hydrogens is 245 g/mol. The Balaban J connectivity index is 3.10. The molecule has 0 amide bonds. The molecule has 2 atom stereocenters. The Bertz CT molecular complexity index is 368. The van der Waals surface area contributed by atoms with Crippen molar-refractivity contribution >= 4 is 23.2 Å². The van der Waals surface area contributed by atoms with Gasteiger partial charge in [-0.15, -0.1) is 0 Å². The van der Waals surface area contributed by atoms with Crippen LogP contribution in [-0.2, 0) is 0 Å². The molecule has 0 aromatic heterocycles. The fraction of sp³-hybridized carbons (Fsp3) is 0.500. The minimum atomic E-state index is -0.0964. The molecule has 0 saturated heterocycles. The monoisotopic (exact) mass is 261 g/mol. The van der Waals surface area contributed by atoms with Gasteiger partial charge < -0.3 is 10.5 Å². The number of hydrogen-bond acceptors (Lipinski definition) is 2. The van der Waals surface area contributed by atoms with Crippen LogP contribution in [0.15, 0.2) is 12.1 Å². The van der Waals surface area contributed by atoms with Crippen molar-refractivity contribution in [1.82, 2.24) is 0 Å². The van der Waals surface area contributed by atoms with Crippen molar-refractivity contribution in [2.75, 3.05) is 7.11 Å². The molecule has 0 heterocycles. The molecule has 16 heavy (non-hydrogen) atoms. The molecule has 1 aromatic carbocycles. The molecule has 90 valence electrons. The van der Waals surface area contributed by atoms with Gasteiger partial charge in [-0.25, -0.2) is 0 Å². The zero-order valence-electron chi connectivity index (χ0n) is 9.76. The van der Waals surface area contributed by atoms with Gasteiger partial charge in [0.25, 0.3) is 0 Å². The van der Waals surface area contributed by atoms with E-state index in [0.29, 0.717) is 21.7 Å². The van der Waals surface area contributed by atoms with Gasteiger partial charge in [-0.3, -0.25) is 0 Å². The maximum Gasteiger partial charge on any atom is 0.138 e. The summed E-state index contributed by atoms with van der Waals surface area (Å²) in [6, 6.07) is 3.40. The zero-order valence-corrected chi connectivity index (χ0v) is 11.3. The van der Waals surface area contributed by atoms with Crippen LogP contribution in [0, 0.1) is 5.92 Å². The molecule has 0 fully saturated rings. The number of rotatable bonds is 4. The maximum absolute atomic E-state index is 6.16. The van der Waals surface area contributed by atoms with Crippen LogP contribution in [0.4, 0.5) is 0 Å². The van der Waals surface area contributed by atoms with E-state index in [9.17, 15) is 0 Å². The van der Waals surface area contributed by atoms with E-state index < -0.39 is 0 Å². The van der Waals surface area contributed by atoms with Crippen molar-refractivity contribution < 1.29 is 4.74 Å². The zero-order chi connectivity index (χ0) is 12.3. The highest BCUT2D eigenvalue weighted by Crippen LogP contribution is 2.35. The van der Waals surface area contributed by atoms with E-state index in [1.165, 1.54) is 0 Å². The van der Waals surface area contributed by atoms with Crippen molar-refractivity contribution in [3.63, 3.8) is 0 Å². The van der Waals surface area contributed by atoms with E-state index in [2.05, 4.69) is 13.8 Å². The predicted octanol–water partition coefficient (Wildman–Crippen LogP) is 4.05. The molecule has 1 rings (SSSR count). The first-order valence-corrected chi connectivity index (χ1v) is 6.05. The maximum atomic E-state index is 6.16. The van der Waals surface area contributed by atoms with Crippen LogP contribution in [0.25, 0.3) is 0 Å². The normalized spacial score (nSPS) is 14.6. The Labute approximate surface area is 107 Å². The van der Waals surface area contributed by atoms with Crippen molar-refractivity contribution in [2.24, 2.45) is 11.7 Å². The molecule has 0 aliphatic rings. The lowest BCUT2D eigenvalue weighted by atomic mass is 9.93. The van der Waals surface area contributed by atoms with Gasteiger partial charge in [0.05, 0.1) is 12.1 Å². The molecule has 0 aliphatic carbocycles. The fourth-order valence-electron chi connectivity index (χ4n) is 1.52. The summed E-state index contributed by atoms with van der Waals surface area (Å²) in [6.07, 6.45) is 1.00. The Morgan fingerprint density at radius 3 is 2.44 bits per heavy atom. The van der Waals surface area contributed by atoms with Gasteiger partial charge in [-0.2, -0.15) is 0 Å². The topological polar surface area (TPSA) is 35.2 Å². The second kappa shape index (κ2) is 5.76. The Kier molecular flexibility index (Phi) is 4.90. The van der Waals surface area contributed by atoms with Gasteiger partial charge in [0.15, 0.2) is 0 Å². The molecule has 0 aliphatic heterocycles. The first-order chi connectivity index (χ1) is 7.51. The molecule has 0 bridgehead atoms. The Hall–Kier alpha value is -0.440. The number of halogens is 2. The molecule has 0 saturated carbocycles. The quantitative estimate of drug-likeness (QED) is 0.888. The average Bonchev–Trinajstić information content (AvgIpc) is 2.29. The molecular formula is C12H17Cl2NO. The number of ether oxygens (including phenoxy) is 1. The van der Waals surface area contributed by atoms with Crippen LogP contribution in [0.2, 0.25) is 10.0 Å². The summed E-state index contributed by atoms with van der Waals surface area (Å²) < 4.78 is 5.09. The molecule has 2 unspecified atom stereocenters. The third kappa shape index (κ3) is 2.82. The summed E-state index contributed by atoms with van der Waals surface area (Å²) in [5.41, 5.74) is 7.00. The molecule has 2 N–H and O–H groups in total. The van der Waals surface area contributed by atoms with Gasteiger partial charge in [0.1, 0.15) is 5.75 Å². The third-order valence-corrected chi connectivity index (χ3v) is 3.51. The van der Waals surface area contributed by atoms with Crippen molar-refractivity contribution in [1.29, 1.82) is 0 Å². The number of hydrogen-bond donors (Lipinski definition) is 1. The van der Waals surface area contributed by atoms with Gasteiger partial charge >= 0.3 is 0 Å². The number of nitrogens with two attached hydrogens (primary N) is 1. The van der Waals surface area contributed by atoms with Gasteiger partial charge in [0.2, 0.25) is 0 Å². The minimum absolute atomic E-state index is 0.0964. The highest BCUT2D eigenvalue weighted by molar-refractivity contribution is 6.34. The van der Waals surface area contributed by atoms with Crippen LogP contribution in [-0.4, -0.2) is 7.11 Å². The smallest absolute Gasteiger partial charge is 0.138 e. The summed E-state index contributed by atoms with van der Waals surface area (Å²) in [5, 5.41) is 1.15. The van der Waals surface area contributed by atoms with Crippen molar-refractivity contribution in [2.45, 2.75) is 26.3 Å². The molecule has 0 spiro atoms. The van der Waals surface area contributed by atoms with E-state index in [4.69, 9.17) is 33.7 Å². The first kappa shape index (κ1) is 13.6. The SMILES string of the molecule is CCC(C)C(N)c1cc(Cl)c(OC)cc1Cl. The van der Waals surface area contributed by atoms with E-state index in [-0.39, 0.29) is 6.04 Å². The Morgan fingerprint density at radius 1 is 1.31 bits per heavy atom. The second-order valence-corrected chi connectivity index (χ2v) is 4.73. The minimum Gasteiger partial charge on any atom is -0.495 e. The van der Waals surface area contributed by atoms with E-state index in [1.807, 2.05) is 0 Å². The van der Waals surface area contributed by atoms with Crippen LogP contribution in [0.1, 0.15) is 31.9 Å². The van der Waals surface area contributed by atoms with E-state index >= 15 is 0 Å². The highest BCUT2D eigenvalue weighted by Gasteiger charge is 2.18.